The summed E-state index contributed by atoms with van der Waals surface area (Å²) in [6.07, 6.45) is 3.58. The van der Waals surface area contributed by atoms with E-state index in [0.29, 0.717) is 22.5 Å². The van der Waals surface area contributed by atoms with E-state index in [4.69, 9.17) is 10.5 Å². The highest BCUT2D eigenvalue weighted by Crippen LogP contribution is 2.34. The van der Waals surface area contributed by atoms with Gasteiger partial charge >= 0.3 is 6.18 Å². The number of carbonyl (C=O) groups is 1. The minimum Gasteiger partial charge on any atom is -0.488 e. The van der Waals surface area contributed by atoms with Crippen LogP contribution in [0.3, 0.4) is 0 Å². The van der Waals surface area contributed by atoms with Gasteiger partial charge in [-0.3, -0.25) is 9.78 Å². The fourth-order valence-electron chi connectivity index (χ4n) is 4.95. The molecule has 0 aliphatic heterocycles. The molecule has 1 amide bonds. The molecule has 38 heavy (non-hydrogen) atoms. The molecule has 10 heteroatoms. The molecular weight excluding hydrogens is 495 g/mol. The number of H-pyrrole nitrogens is 1. The molecule has 1 aliphatic rings. The van der Waals surface area contributed by atoms with Crippen LogP contribution in [0.25, 0.3) is 22.2 Å². The highest BCUT2D eigenvalue weighted by molar-refractivity contribution is 5.95. The molecule has 1 atom stereocenters. The Hall–Kier alpha value is -3.92. The van der Waals surface area contributed by atoms with Crippen molar-refractivity contribution >= 4 is 16.9 Å². The van der Waals surface area contributed by atoms with Crippen molar-refractivity contribution in [3.8, 4) is 16.9 Å². The number of amides is 1. The maximum Gasteiger partial charge on any atom is 0.405 e. The van der Waals surface area contributed by atoms with Gasteiger partial charge in [0.05, 0.1) is 6.20 Å². The third kappa shape index (κ3) is 4.96. The molecule has 0 radical (unpaired) electrons. The van der Waals surface area contributed by atoms with E-state index in [0.717, 1.165) is 23.8 Å². The standard InChI is InChI=1S/C28H28F3N5O2/c1-16(2)28(32,26(37)36-15-27(29,30)31)20-7-19(11-33-12-20)24-14-35-25-23(24)10-22(13-34-25)38-21-8-17-5-3-4-6-18(17)9-21/h3-7,10-14,16,21H,8-9,15,32H2,1-2H3,(H,34,35)(H,36,37). The summed E-state index contributed by atoms with van der Waals surface area (Å²) in [6.45, 7) is 1.90. The van der Waals surface area contributed by atoms with E-state index in [-0.39, 0.29) is 6.10 Å². The fraction of sp³-hybridized carbons (Fsp3) is 0.321. The van der Waals surface area contributed by atoms with Gasteiger partial charge in [-0.25, -0.2) is 4.98 Å². The number of pyridine rings is 2. The van der Waals surface area contributed by atoms with Gasteiger partial charge in [0.2, 0.25) is 5.91 Å². The average molecular weight is 524 g/mol. The first kappa shape index (κ1) is 25.7. The number of hydrogen-bond donors (Lipinski definition) is 3. The van der Waals surface area contributed by atoms with Gasteiger partial charge in [-0.1, -0.05) is 38.1 Å². The number of nitrogens with two attached hydrogens (primary N) is 1. The Labute approximate surface area is 217 Å². The largest absolute Gasteiger partial charge is 0.488 e. The van der Waals surface area contributed by atoms with Crippen LogP contribution < -0.4 is 15.8 Å². The van der Waals surface area contributed by atoms with Crippen LogP contribution in [0.1, 0.15) is 30.5 Å². The molecule has 4 aromatic rings. The van der Waals surface area contributed by atoms with E-state index in [9.17, 15) is 18.0 Å². The number of aromatic amines is 1. The zero-order chi connectivity index (χ0) is 27.1. The Balaban J connectivity index is 1.43. The average Bonchev–Trinajstić information content (AvgIpc) is 3.49. The number of ether oxygens (including phenoxy) is 1. The SMILES string of the molecule is CC(C)C(N)(C(=O)NCC(F)(F)F)c1cncc(-c2c[nH]c3ncc(OC4Cc5ccccc5C4)cc23)c1. The third-order valence-corrected chi connectivity index (χ3v) is 7.09. The molecule has 198 valence electrons. The monoisotopic (exact) mass is 523 g/mol. The molecule has 4 N–H and O–H groups in total. The molecule has 1 unspecified atom stereocenters. The number of aromatic nitrogens is 3. The number of carbonyl (C=O) groups excluding carboxylic acids is 1. The van der Waals surface area contributed by atoms with Crippen LogP contribution in [0, 0.1) is 5.92 Å². The second-order valence-corrected chi connectivity index (χ2v) is 9.97. The maximum absolute atomic E-state index is 12.9. The molecule has 0 bridgehead atoms. The lowest BCUT2D eigenvalue weighted by atomic mass is 9.80. The summed E-state index contributed by atoms with van der Waals surface area (Å²) in [5.41, 5.74) is 9.65. The Morgan fingerprint density at radius 2 is 1.87 bits per heavy atom. The topological polar surface area (TPSA) is 106 Å². The van der Waals surface area contributed by atoms with E-state index in [2.05, 4.69) is 27.1 Å². The lowest BCUT2D eigenvalue weighted by Gasteiger charge is -2.32. The number of nitrogens with one attached hydrogen (secondary N) is 2. The Morgan fingerprint density at radius 1 is 1.16 bits per heavy atom. The van der Waals surface area contributed by atoms with Crippen molar-refractivity contribution in [1.29, 1.82) is 0 Å². The maximum atomic E-state index is 12.9. The predicted octanol–water partition coefficient (Wildman–Crippen LogP) is 4.66. The summed E-state index contributed by atoms with van der Waals surface area (Å²) < 4.78 is 44.5. The zero-order valence-electron chi connectivity index (χ0n) is 21.0. The quantitative estimate of drug-likeness (QED) is 0.327. The van der Waals surface area contributed by atoms with Crippen molar-refractivity contribution in [2.75, 3.05) is 6.54 Å². The molecular formula is C28H28F3N5O2. The van der Waals surface area contributed by atoms with Crippen LogP contribution in [0.15, 0.2) is 61.2 Å². The zero-order valence-corrected chi connectivity index (χ0v) is 21.0. The summed E-state index contributed by atoms with van der Waals surface area (Å²) in [6, 6.07) is 11.9. The van der Waals surface area contributed by atoms with Crippen LogP contribution in [0.2, 0.25) is 0 Å². The minimum atomic E-state index is -4.55. The van der Waals surface area contributed by atoms with Crippen molar-refractivity contribution in [3.05, 3.63) is 77.9 Å². The van der Waals surface area contributed by atoms with Gasteiger partial charge in [0.1, 0.15) is 29.6 Å². The number of nitrogens with zero attached hydrogens (tertiary/aromatic N) is 2. The lowest BCUT2D eigenvalue weighted by molar-refractivity contribution is -0.143. The molecule has 0 fully saturated rings. The summed E-state index contributed by atoms with van der Waals surface area (Å²) in [5.74, 6) is -0.798. The number of rotatable bonds is 7. The van der Waals surface area contributed by atoms with Gasteiger partial charge < -0.3 is 20.8 Å². The molecule has 5 rings (SSSR count). The van der Waals surface area contributed by atoms with Gasteiger partial charge in [-0.2, -0.15) is 13.2 Å². The Kier molecular flexibility index (Phi) is 6.60. The molecule has 0 saturated carbocycles. The number of halogens is 3. The first-order chi connectivity index (χ1) is 18.0. The summed E-state index contributed by atoms with van der Waals surface area (Å²) in [5, 5.41) is 2.71. The van der Waals surface area contributed by atoms with Crippen molar-refractivity contribution in [2.45, 2.75) is 44.5 Å². The molecule has 7 nitrogen and oxygen atoms in total. The number of hydrogen-bond acceptors (Lipinski definition) is 5. The predicted molar refractivity (Wildman–Crippen MR) is 137 cm³/mol. The third-order valence-electron chi connectivity index (χ3n) is 7.09. The second kappa shape index (κ2) is 9.75. The van der Waals surface area contributed by atoms with Crippen molar-refractivity contribution in [2.24, 2.45) is 11.7 Å². The lowest BCUT2D eigenvalue weighted by Crippen LogP contribution is -2.56. The number of alkyl halides is 3. The summed E-state index contributed by atoms with van der Waals surface area (Å²) >= 11 is 0. The minimum absolute atomic E-state index is 0.0122. The van der Waals surface area contributed by atoms with Gasteiger partial charge in [-0.15, -0.1) is 0 Å². The van der Waals surface area contributed by atoms with Crippen molar-refractivity contribution in [3.63, 3.8) is 0 Å². The van der Waals surface area contributed by atoms with E-state index < -0.39 is 30.1 Å². The highest BCUT2D eigenvalue weighted by Gasteiger charge is 2.41. The first-order valence-electron chi connectivity index (χ1n) is 12.3. The van der Waals surface area contributed by atoms with Crippen LogP contribution in [0.5, 0.6) is 5.75 Å². The van der Waals surface area contributed by atoms with E-state index >= 15 is 0 Å². The van der Waals surface area contributed by atoms with Gasteiger partial charge in [0.15, 0.2) is 0 Å². The molecule has 3 heterocycles. The fourth-order valence-corrected chi connectivity index (χ4v) is 4.95. The van der Waals surface area contributed by atoms with E-state index in [1.165, 1.54) is 17.3 Å². The molecule has 3 aromatic heterocycles. The number of fused-ring (bicyclic) bond motifs is 2. The first-order valence-corrected chi connectivity index (χ1v) is 12.3. The van der Waals surface area contributed by atoms with Gasteiger partial charge in [0, 0.05) is 53.5 Å². The smallest absolute Gasteiger partial charge is 0.405 e. The molecule has 1 aromatic carbocycles. The van der Waals surface area contributed by atoms with Gasteiger partial charge in [0.25, 0.3) is 0 Å². The molecule has 0 spiro atoms. The van der Waals surface area contributed by atoms with Crippen LogP contribution in [-0.2, 0) is 23.2 Å². The van der Waals surface area contributed by atoms with E-state index in [1.807, 2.05) is 23.5 Å². The highest BCUT2D eigenvalue weighted by atomic mass is 19.4. The van der Waals surface area contributed by atoms with Gasteiger partial charge in [-0.05, 0) is 29.2 Å². The summed E-state index contributed by atoms with van der Waals surface area (Å²) in [7, 11) is 0. The van der Waals surface area contributed by atoms with Crippen LogP contribution in [-0.4, -0.2) is 39.7 Å². The van der Waals surface area contributed by atoms with Crippen LogP contribution >= 0.6 is 0 Å². The number of benzene rings is 1. The van der Waals surface area contributed by atoms with Crippen molar-refractivity contribution in [1.82, 2.24) is 20.3 Å². The second-order valence-electron chi connectivity index (χ2n) is 9.97. The Bertz CT molecular complexity index is 1460. The van der Waals surface area contributed by atoms with Crippen LogP contribution in [0.4, 0.5) is 13.2 Å². The Morgan fingerprint density at radius 3 is 2.53 bits per heavy atom. The normalized spacial score (nSPS) is 15.4. The molecule has 0 saturated heterocycles. The summed E-state index contributed by atoms with van der Waals surface area (Å²) in [4.78, 5) is 24.8. The van der Waals surface area contributed by atoms with E-state index in [1.54, 1.807) is 38.5 Å². The molecule has 1 aliphatic carbocycles. The van der Waals surface area contributed by atoms with Crippen molar-refractivity contribution < 1.29 is 22.7 Å².